The van der Waals surface area contributed by atoms with Gasteiger partial charge in [-0.15, -0.1) is 4.37 Å². The van der Waals surface area contributed by atoms with Gasteiger partial charge in [-0.25, -0.2) is 0 Å². The summed E-state index contributed by atoms with van der Waals surface area (Å²) < 4.78 is 13.1. The average Bonchev–Trinajstić information content (AvgIpc) is 2.93. The van der Waals surface area contributed by atoms with E-state index in [9.17, 15) is 5.11 Å². The van der Waals surface area contributed by atoms with Crippen LogP contribution in [0.5, 0.6) is 5.88 Å². The molecule has 0 saturated heterocycles. The van der Waals surface area contributed by atoms with Crippen LogP contribution in [0.15, 0.2) is 6.20 Å². The lowest BCUT2D eigenvalue weighted by atomic mass is 9.99. The molecular weight excluding hydrogens is 262 g/mol. The van der Waals surface area contributed by atoms with Crippen LogP contribution >= 0.6 is 11.7 Å². The lowest BCUT2D eigenvalue weighted by Crippen LogP contribution is -2.34. The fraction of sp³-hybridized carbons (Fsp3) is 0.846. The van der Waals surface area contributed by atoms with Crippen molar-refractivity contribution in [2.75, 3.05) is 19.7 Å². The number of rotatable bonds is 11. The highest BCUT2D eigenvalue weighted by molar-refractivity contribution is 6.99. The number of aliphatic hydroxyl groups excluding tert-OH is 1. The number of hydrogen-bond acceptors (Lipinski definition) is 6. The molecule has 2 N–H and O–H groups in total. The van der Waals surface area contributed by atoms with Crippen molar-refractivity contribution in [3.63, 3.8) is 0 Å². The number of aliphatic hydroxyl groups is 1. The van der Waals surface area contributed by atoms with E-state index < -0.39 is 6.10 Å². The molecule has 1 heterocycles. The molecule has 1 aromatic rings. The largest absolute Gasteiger partial charge is 0.473 e. The molecule has 0 amide bonds. The standard InChI is InChI=1S/C13H25N3O2S/c1-3-5-6-11(4-2)7-14-8-12(17)10-18-13-9-15-19-16-13/h9,11-12,14,17H,3-8,10H2,1-2H3. The second-order valence-electron chi connectivity index (χ2n) is 4.79. The van der Waals surface area contributed by atoms with Gasteiger partial charge in [-0.2, -0.15) is 4.37 Å². The first-order valence-electron chi connectivity index (χ1n) is 7.05. The minimum absolute atomic E-state index is 0.254. The lowest BCUT2D eigenvalue weighted by molar-refractivity contribution is 0.103. The van der Waals surface area contributed by atoms with Crippen molar-refractivity contribution in [2.45, 2.75) is 45.6 Å². The third kappa shape index (κ3) is 7.44. The Hall–Kier alpha value is -0.720. The molecule has 0 spiro atoms. The SMILES string of the molecule is CCCCC(CC)CNCC(O)COc1cnsn1. The van der Waals surface area contributed by atoms with Gasteiger partial charge in [-0.3, -0.25) is 0 Å². The van der Waals surface area contributed by atoms with Gasteiger partial charge in [0.25, 0.3) is 0 Å². The minimum Gasteiger partial charge on any atom is -0.473 e. The normalized spacial score (nSPS) is 14.3. The number of ether oxygens (including phenoxy) is 1. The predicted molar refractivity (Wildman–Crippen MR) is 77.6 cm³/mol. The highest BCUT2D eigenvalue weighted by atomic mass is 32.1. The Labute approximate surface area is 119 Å². The van der Waals surface area contributed by atoms with E-state index in [0.717, 1.165) is 18.3 Å². The Morgan fingerprint density at radius 2 is 2.26 bits per heavy atom. The van der Waals surface area contributed by atoms with E-state index in [2.05, 4.69) is 27.9 Å². The molecule has 0 bridgehead atoms. The van der Waals surface area contributed by atoms with Gasteiger partial charge >= 0.3 is 0 Å². The van der Waals surface area contributed by atoms with Gasteiger partial charge in [0.1, 0.15) is 18.9 Å². The van der Waals surface area contributed by atoms with Crippen LogP contribution in [-0.2, 0) is 0 Å². The molecule has 0 aliphatic carbocycles. The zero-order valence-corrected chi connectivity index (χ0v) is 12.7. The van der Waals surface area contributed by atoms with Crippen LogP contribution in [0, 0.1) is 5.92 Å². The molecule has 0 aliphatic heterocycles. The van der Waals surface area contributed by atoms with E-state index in [1.807, 2.05) is 0 Å². The van der Waals surface area contributed by atoms with E-state index in [4.69, 9.17) is 4.74 Å². The number of nitrogens with zero attached hydrogens (tertiary/aromatic N) is 2. The van der Waals surface area contributed by atoms with Crippen molar-refractivity contribution in [3.05, 3.63) is 6.20 Å². The molecule has 19 heavy (non-hydrogen) atoms. The fourth-order valence-electron chi connectivity index (χ4n) is 1.86. The molecule has 6 heteroatoms. The van der Waals surface area contributed by atoms with Crippen LogP contribution in [-0.4, -0.2) is 39.7 Å². The number of unbranched alkanes of at least 4 members (excludes halogenated alkanes) is 1. The van der Waals surface area contributed by atoms with Gasteiger partial charge in [-0.05, 0) is 18.9 Å². The van der Waals surface area contributed by atoms with Gasteiger partial charge < -0.3 is 15.2 Å². The molecule has 2 atom stereocenters. The summed E-state index contributed by atoms with van der Waals surface area (Å²) in [4.78, 5) is 0. The smallest absolute Gasteiger partial charge is 0.245 e. The van der Waals surface area contributed by atoms with E-state index in [1.165, 1.54) is 25.7 Å². The molecule has 5 nitrogen and oxygen atoms in total. The molecule has 0 saturated carbocycles. The first kappa shape index (κ1) is 16.3. The highest BCUT2D eigenvalue weighted by Crippen LogP contribution is 2.11. The Balaban J connectivity index is 2.06. The van der Waals surface area contributed by atoms with Gasteiger partial charge in [0, 0.05) is 6.54 Å². The summed E-state index contributed by atoms with van der Waals surface area (Å²) in [6, 6.07) is 0. The monoisotopic (exact) mass is 287 g/mol. The van der Waals surface area contributed by atoms with Crippen LogP contribution in [0.25, 0.3) is 0 Å². The van der Waals surface area contributed by atoms with Gasteiger partial charge in [0.2, 0.25) is 5.88 Å². The van der Waals surface area contributed by atoms with Crippen molar-refractivity contribution in [1.82, 2.24) is 14.1 Å². The zero-order chi connectivity index (χ0) is 13.9. The third-order valence-electron chi connectivity index (χ3n) is 3.12. The molecule has 0 aromatic carbocycles. The zero-order valence-electron chi connectivity index (χ0n) is 11.8. The van der Waals surface area contributed by atoms with Crippen LogP contribution in [0.1, 0.15) is 39.5 Å². The van der Waals surface area contributed by atoms with E-state index in [-0.39, 0.29) is 6.61 Å². The van der Waals surface area contributed by atoms with E-state index in [1.54, 1.807) is 6.20 Å². The van der Waals surface area contributed by atoms with E-state index >= 15 is 0 Å². The van der Waals surface area contributed by atoms with Crippen LogP contribution in [0.3, 0.4) is 0 Å². The first-order valence-corrected chi connectivity index (χ1v) is 7.78. The van der Waals surface area contributed by atoms with Crippen molar-refractivity contribution >= 4 is 11.7 Å². The number of aromatic nitrogens is 2. The Kier molecular flexibility index (Phi) is 8.69. The second kappa shape index (κ2) is 10.1. The Bertz CT molecular complexity index is 309. The fourth-order valence-corrected chi connectivity index (χ4v) is 2.22. The predicted octanol–water partition coefficient (Wildman–Crippen LogP) is 2.08. The van der Waals surface area contributed by atoms with Crippen molar-refractivity contribution in [1.29, 1.82) is 0 Å². The Morgan fingerprint density at radius 3 is 2.89 bits per heavy atom. The van der Waals surface area contributed by atoms with E-state index in [0.29, 0.717) is 18.3 Å². The molecule has 1 rings (SSSR count). The first-order chi connectivity index (χ1) is 9.26. The minimum atomic E-state index is -0.509. The summed E-state index contributed by atoms with van der Waals surface area (Å²) >= 11 is 1.10. The summed E-state index contributed by atoms with van der Waals surface area (Å²) in [5.74, 6) is 1.19. The topological polar surface area (TPSA) is 67.3 Å². The second-order valence-corrected chi connectivity index (χ2v) is 5.34. The average molecular weight is 287 g/mol. The maximum Gasteiger partial charge on any atom is 0.245 e. The third-order valence-corrected chi connectivity index (χ3v) is 3.58. The molecular formula is C13H25N3O2S. The highest BCUT2D eigenvalue weighted by Gasteiger charge is 2.09. The molecule has 110 valence electrons. The maximum atomic E-state index is 9.78. The van der Waals surface area contributed by atoms with Crippen LogP contribution in [0.2, 0.25) is 0 Å². The maximum absolute atomic E-state index is 9.78. The number of hydrogen-bond donors (Lipinski definition) is 2. The number of nitrogens with one attached hydrogen (secondary N) is 1. The molecule has 1 aromatic heterocycles. The molecule has 0 fully saturated rings. The summed E-state index contributed by atoms with van der Waals surface area (Å²) in [6.45, 7) is 6.21. The summed E-state index contributed by atoms with van der Waals surface area (Å²) in [7, 11) is 0. The van der Waals surface area contributed by atoms with Crippen molar-refractivity contribution in [3.8, 4) is 5.88 Å². The quantitative estimate of drug-likeness (QED) is 0.652. The summed E-state index contributed by atoms with van der Waals surface area (Å²) in [6.07, 6.45) is 6.02. The van der Waals surface area contributed by atoms with Crippen LogP contribution in [0.4, 0.5) is 0 Å². The van der Waals surface area contributed by atoms with Gasteiger partial charge in [0.05, 0.1) is 11.7 Å². The molecule has 0 radical (unpaired) electrons. The van der Waals surface area contributed by atoms with Gasteiger partial charge in [0.15, 0.2) is 0 Å². The lowest BCUT2D eigenvalue weighted by Gasteiger charge is -2.17. The van der Waals surface area contributed by atoms with Gasteiger partial charge in [-0.1, -0.05) is 33.1 Å². The Morgan fingerprint density at radius 1 is 1.42 bits per heavy atom. The van der Waals surface area contributed by atoms with Crippen molar-refractivity contribution in [2.24, 2.45) is 5.92 Å². The molecule has 0 aliphatic rings. The molecule has 2 unspecified atom stereocenters. The van der Waals surface area contributed by atoms with Crippen molar-refractivity contribution < 1.29 is 9.84 Å². The summed E-state index contributed by atoms with van der Waals surface area (Å²) in [5, 5.41) is 13.1. The summed E-state index contributed by atoms with van der Waals surface area (Å²) in [5.41, 5.74) is 0. The van der Waals surface area contributed by atoms with Crippen LogP contribution < -0.4 is 10.1 Å².